The second-order valence-electron chi connectivity index (χ2n) is 3.99. The van der Waals surface area contributed by atoms with E-state index in [0.29, 0.717) is 12.6 Å². The highest BCUT2D eigenvalue weighted by Crippen LogP contribution is 2.02. The number of rotatable bonds is 6. The predicted molar refractivity (Wildman–Crippen MR) is 61.8 cm³/mol. The fourth-order valence-electron chi connectivity index (χ4n) is 1.97. The Bertz CT molecular complexity index is 186. The first-order valence-corrected chi connectivity index (χ1v) is 5.99. The molecule has 0 aromatic rings. The molecule has 0 radical (unpaired) electrons. The predicted octanol–water partition coefficient (Wildman–Crippen LogP) is 0.196. The number of amides is 1. The highest BCUT2D eigenvalue weighted by Gasteiger charge is 2.14. The summed E-state index contributed by atoms with van der Waals surface area (Å²) in [5.74, 6) is 0.206. The normalized spacial score (nSPS) is 20.5. The van der Waals surface area contributed by atoms with Crippen LogP contribution in [0.5, 0.6) is 0 Å². The van der Waals surface area contributed by atoms with Crippen molar-refractivity contribution in [2.45, 2.75) is 32.7 Å². The summed E-state index contributed by atoms with van der Waals surface area (Å²) in [6.45, 7) is 8.14. The summed E-state index contributed by atoms with van der Waals surface area (Å²) >= 11 is 0. The van der Waals surface area contributed by atoms with Crippen molar-refractivity contribution in [2.75, 3.05) is 32.7 Å². The van der Waals surface area contributed by atoms with Crippen molar-refractivity contribution in [3.8, 4) is 0 Å². The third kappa shape index (κ3) is 4.18. The van der Waals surface area contributed by atoms with Crippen LogP contribution < -0.4 is 10.6 Å². The molecule has 0 aromatic heterocycles. The van der Waals surface area contributed by atoms with Gasteiger partial charge in [0.25, 0.3) is 0 Å². The van der Waals surface area contributed by atoms with E-state index in [1.807, 2.05) is 18.7 Å². The summed E-state index contributed by atoms with van der Waals surface area (Å²) in [7, 11) is 0. The first kappa shape index (κ1) is 12.5. The van der Waals surface area contributed by atoms with Gasteiger partial charge in [-0.1, -0.05) is 0 Å². The van der Waals surface area contributed by atoms with Crippen LogP contribution in [-0.4, -0.2) is 49.6 Å². The monoisotopic (exact) mass is 213 g/mol. The van der Waals surface area contributed by atoms with Crippen LogP contribution in [0.1, 0.15) is 26.7 Å². The summed E-state index contributed by atoms with van der Waals surface area (Å²) < 4.78 is 0. The van der Waals surface area contributed by atoms with Crippen molar-refractivity contribution in [3.05, 3.63) is 0 Å². The van der Waals surface area contributed by atoms with Gasteiger partial charge in [-0.3, -0.25) is 4.79 Å². The van der Waals surface area contributed by atoms with Crippen LogP contribution in [0, 0.1) is 0 Å². The van der Waals surface area contributed by atoms with E-state index in [1.54, 1.807) is 0 Å². The molecule has 0 bridgehead atoms. The van der Waals surface area contributed by atoms with Gasteiger partial charge in [0.15, 0.2) is 0 Å². The molecule has 0 aromatic carbocycles. The molecular formula is C11H23N3O. The molecule has 1 fully saturated rings. The Labute approximate surface area is 92.4 Å². The molecule has 88 valence electrons. The largest absolute Gasteiger partial charge is 0.342 e. The Kier molecular flexibility index (Phi) is 5.65. The molecule has 0 saturated carbocycles. The molecule has 0 spiro atoms. The average molecular weight is 213 g/mol. The van der Waals surface area contributed by atoms with Crippen molar-refractivity contribution >= 4 is 5.91 Å². The summed E-state index contributed by atoms with van der Waals surface area (Å²) in [6, 6.07) is 0.564. The zero-order valence-corrected chi connectivity index (χ0v) is 9.88. The van der Waals surface area contributed by atoms with E-state index in [4.69, 9.17) is 0 Å². The van der Waals surface area contributed by atoms with Crippen LogP contribution in [0.25, 0.3) is 0 Å². The Morgan fingerprint density at radius 3 is 2.73 bits per heavy atom. The second-order valence-corrected chi connectivity index (χ2v) is 3.99. The second kappa shape index (κ2) is 6.80. The molecule has 4 nitrogen and oxygen atoms in total. The van der Waals surface area contributed by atoms with Gasteiger partial charge in [0.05, 0.1) is 6.54 Å². The number of likely N-dealkylation sites (N-methyl/N-ethyl adjacent to an activating group) is 1. The van der Waals surface area contributed by atoms with Gasteiger partial charge in [-0.05, 0) is 33.2 Å². The molecular weight excluding hydrogens is 190 g/mol. The Balaban J connectivity index is 2.10. The minimum absolute atomic E-state index is 0.206. The molecule has 1 amide bonds. The number of carbonyl (C=O) groups excluding carboxylic acids is 1. The lowest BCUT2D eigenvalue weighted by molar-refractivity contribution is -0.129. The highest BCUT2D eigenvalue weighted by molar-refractivity contribution is 5.78. The SMILES string of the molecule is CCN(CC)C(=O)CNCC1CCCN1. The maximum absolute atomic E-state index is 11.6. The molecule has 1 rings (SSSR count). The van der Waals surface area contributed by atoms with Gasteiger partial charge in [0.1, 0.15) is 0 Å². The molecule has 1 unspecified atom stereocenters. The molecule has 1 saturated heterocycles. The van der Waals surface area contributed by atoms with E-state index in [0.717, 1.165) is 26.2 Å². The van der Waals surface area contributed by atoms with Crippen LogP contribution >= 0.6 is 0 Å². The van der Waals surface area contributed by atoms with Crippen molar-refractivity contribution in [1.82, 2.24) is 15.5 Å². The molecule has 1 heterocycles. The van der Waals surface area contributed by atoms with Gasteiger partial charge in [-0.25, -0.2) is 0 Å². The van der Waals surface area contributed by atoms with Gasteiger partial charge in [-0.15, -0.1) is 0 Å². The van der Waals surface area contributed by atoms with Gasteiger partial charge < -0.3 is 15.5 Å². The van der Waals surface area contributed by atoms with Crippen molar-refractivity contribution in [2.24, 2.45) is 0 Å². The number of hydrogen-bond donors (Lipinski definition) is 2. The average Bonchev–Trinajstić information content (AvgIpc) is 2.72. The minimum atomic E-state index is 0.206. The van der Waals surface area contributed by atoms with Gasteiger partial charge in [-0.2, -0.15) is 0 Å². The van der Waals surface area contributed by atoms with Crippen LogP contribution in [0.4, 0.5) is 0 Å². The molecule has 4 heteroatoms. The standard InChI is InChI=1S/C11H23N3O/c1-3-14(4-2)11(15)9-12-8-10-6-5-7-13-10/h10,12-13H,3-9H2,1-2H3. The maximum Gasteiger partial charge on any atom is 0.236 e. The van der Waals surface area contributed by atoms with Crippen LogP contribution in [-0.2, 0) is 4.79 Å². The Hall–Kier alpha value is -0.610. The van der Waals surface area contributed by atoms with E-state index in [1.165, 1.54) is 12.8 Å². The lowest BCUT2D eigenvalue weighted by Crippen LogP contribution is -2.41. The van der Waals surface area contributed by atoms with Crippen LogP contribution in [0.2, 0.25) is 0 Å². The molecule has 1 aliphatic rings. The van der Waals surface area contributed by atoms with Crippen molar-refractivity contribution in [3.63, 3.8) is 0 Å². The van der Waals surface area contributed by atoms with E-state index in [2.05, 4.69) is 10.6 Å². The smallest absolute Gasteiger partial charge is 0.236 e. The molecule has 2 N–H and O–H groups in total. The zero-order valence-electron chi connectivity index (χ0n) is 9.88. The fraction of sp³-hybridized carbons (Fsp3) is 0.909. The fourth-order valence-corrected chi connectivity index (χ4v) is 1.97. The Morgan fingerprint density at radius 1 is 1.47 bits per heavy atom. The molecule has 0 aliphatic carbocycles. The van der Waals surface area contributed by atoms with Gasteiger partial charge in [0, 0.05) is 25.7 Å². The summed E-state index contributed by atoms with van der Waals surface area (Å²) in [6.07, 6.45) is 2.49. The van der Waals surface area contributed by atoms with Gasteiger partial charge >= 0.3 is 0 Å². The van der Waals surface area contributed by atoms with Crippen LogP contribution in [0.3, 0.4) is 0 Å². The first-order chi connectivity index (χ1) is 7.27. The van der Waals surface area contributed by atoms with Crippen molar-refractivity contribution in [1.29, 1.82) is 0 Å². The third-order valence-electron chi connectivity index (χ3n) is 2.95. The zero-order chi connectivity index (χ0) is 11.1. The quantitative estimate of drug-likeness (QED) is 0.662. The summed E-state index contributed by atoms with van der Waals surface area (Å²) in [5, 5.41) is 6.62. The third-order valence-corrected chi connectivity index (χ3v) is 2.95. The van der Waals surface area contributed by atoms with Crippen LogP contribution in [0.15, 0.2) is 0 Å². The number of hydrogen-bond acceptors (Lipinski definition) is 3. The lowest BCUT2D eigenvalue weighted by Gasteiger charge is -2.19. The first-order valence-electron chi connectivity index (χ1n) is 5.99. The molecule has 1 aliphatic heterocycles. The van der Waals surface area contributed by atoms with Gasteiger partial charge in [0.2, 0.25) is 5.91 Å². The van der Waals surface area contributed by atoms with E-state index >= 15 is 0 Å². The highest BCUT2D eigenvalue weighted by atomic mass is 16.2. The number of nitrogens with zero attached hydrogens (tertiary/aromatic N) is 1. The number of nitrogens with one attached hydrogen (secondary N) is 2. The lowest BCUT2D eigenvalue weighted by atomic mass is 10.2. The van der Waals surface area contributed by atoms with E-state index in [-0.39, 0.29) is 5.91 Å². The molecule has 15 heavy (non-hydrogen) atoms. The van der Waals surface area contributed by atoms with Crippen molar-refractivity contribution < 1.29 is 4.79 Å². The van der Waals surface area contributed by atoms with E-state index < -0.39 is 0 Å². The minimum Gasteiger partial charge on any atom is -0.342 e. The van der Waals surface area contributed by atoms with E-state index in [9.17, 15) is 4.79 Å². The maximum atomic E-state index is 11.6. The summed E-state index contributed by atoms with van der Waals surface area (Å²) in [5.41, 5.74) is 0. The molecule has 1 atom stereocenters. The Morgan fingerprint density at radius 2 is 2.20 bits per heavy atom. The number of carbonyl (C=O) groups is 1. The topological polar surface area (TPSA) is 44.4 Å². The summed E-state index contributed by atoms with van der Waals surface area (Å²) in [4.78, 5) is 13.5.